The van der Waals surface area contributed by atoms with E-state index in [1.54, 1.807) is 57.2 Å². The Hall–Kier alpha value is -4.30. The first-order valence-corrected chi connectivity index (χ1v) is 13.8. The number of aliphatic hydroxyl groups is 1. The van der Waals surface area contributed by atoms with E-state index in [0.717, 1.165) is 0 Å². The lowest BCUT2D eigenvalue weighted by atomic mass is 9.95. The van der Waals surface area contributed by atoms with Crippen LogP contribution in [0.25, 0.3) is 0 Å². The van der Waals surface area contributed by atoms with Gasteiger partial charge < -0.3 is 39.4 Å². The van der Waals surface area contributed by atoms with Crippen LogP contribution in [0.3, 0.4) is 0 Å². The summed E-state index contributed by atoms with van der Waals surface area (Å²) in [5, 5.41) is 19.7. The number of carbonyl (C=O) groups is 3. The smallest absolute Gasteiger partial charge is 0.344 e. The molecule has 0 spiro atoms. The molecule has 3 rings (SSSR count). The van der Waals surface area contributed by atoms with Crippen molar-refractivity contribution in [3.8, 4) is 17.2 Å². The van der Waals surface area contributed by atoms with E-state index in [-0.39, 0.29) is 25.4 Å². The van der Waals surface area contributed by atoms with Crippen molar-refractivity contribution in [3.05, 3.63) is 63.3 Å². The van der Waals surface area contributed by atoms with Crippen molar-refractivity contribution in [2.45, 2.75) is 33.0 Å². The Labute approximate surface area is 251 Å². The van der Waals surface area contributed by atoms with Crippen LogP contribution in [0, 0.1) is 0 Å². The van der Waals surface area contributed by atoms with Gasteiger partial charge in [0.1, 0.15) is 12.4 Å². The van der Waals surface area contributed by atoms with E-state index < -0.39 is 30.2 Å². The maximum atomic E-state index is 12.4. The molecule has 2 amide bonds. The Morgan fingerprint density at radius 3 is 2.55 bits per heavy atom. The third kappa shape index (κ3) is 8.85. The SMILES string of the molecule is CCOC(=O)COc1ccc(/C=N\N[C@@H](O)COc2ccc([C@H]3NC(=O)NC(C)=C3C(=O)OC)cc2OCC)cc1Br. The van der Waals surface area contributed by atoms with Crippen LogP contribution in [0.1, 0.15) is 37.9 Å². The van der Waals surface area contributed by atoms with Crippen molar-refractivity contribution in [2.24, 2.45) is 5.10 Å². The van der Waals surface area contributed by atoms with E-state index in [0.29, 0.717) is 45.2 Å². The normalized spacial score (nSPS) is 15.4. The van der Waals surface area contributed by atoms with Crippen LogP contribution in [-0.4, -0.2) is 69.1 Å². The van der Waals surface area contributed by atoms with Gasteiger partial charge in [0.25, 0.3) is 0 Å². The molecule has 0 radical (unpaired) electrons. The van der Waals surface area contributed by atoms with Gasteiger partial charge in [0.2, 0.25) is 0 Å². The first kappa shape index (κ1) is 32.2. The van der Waals surface area contributed by atoms with Gasteiger partial charge in [0.15, 0.2) is 24.3 Å². The summed E-state index contributed by atoms with van der Waals surface area (Å²) >= 11 is 3.39. The van der Waals surface area contributed by atoms with Crippen LogP contribution in [0.15, 0.2) is 57.2 Å². The molecule has 2 aromatic carbocycles. The number of esters is 2. The highest BCUT2D eigenvalue weighted by Crippen LogP contribution is 2.35. The summed E-state index contributed by atoms with van der Waals surface area (Å²) in [4.78, 5) is 36.0. The minimum absolute atomic E-state index is 0.169. The Balaban J connectivity index is 1.61. The summed E-state index contributed by atoms with van der Waals surface area (Å²) in [7, 11) is 1.27. The highest BCUT2D eigenvalue weighted by Gasteiger charge is 2.32. The fraction of sp³-hybridized carbons (Fsp3) is 0.357. The largest absolute Gasteiger partial charge is 0.490 e. The average molecular weight is 649 g/mol. The first-order valence-electron chi connectivity index (χ1n) is 13.0. The number of hydrogen-bond acceptors (Lipinski definition) is 11. The maximum Gasteiger partial charge on any atom is 0.344 e. The lowest BCUT2D eigenvalue weighted by Gasteiger charge is -2.28. The molecule has 1 heterocycles. The molecule has 226 valence electrons. The van der Waals surface area contributed by atoms with Gasteiger partial charge in [0, 0.05) is 5.70 Å². The van der Waals surface area contributed by atoms with Gasteiger partial charge in [-0.1, -0.05) is 6.07 Å². The van der Waals surface area contributed by atoms with Crippen LogP contribution < -0.4 is 30.3 Å². The molecule has 0 saturated carbocycles. The second kappa shape index (κ2) is 15.6. The summed E-state index contributed by atoms with van der Waals surface area (Å²) in [6.45, 7) is 5.36. The van der Waals surface area contributed by atoms with Gasteiger partial charge in [-0.15, -0.1) is 0 Å². The summed E-state index contributed by atoms with van der Waals surface area (Å²) in [5.41, 5.74) is 4.49. The van der Waals surface area contributed by atoms with E-state index in [1.165, 1.54) is 13.3 Å². The third-order valence-electron chi connectivity index (χ3n) is 5.72. The topological polar surface area (TPSA) is 166 Å². The molecular formula is C28H33BrN4O9. The number of amides is 2. The number of hydrogen-bond donors (Lipinski definition) is 4. The lowest BCUT2D eigenvalue weighted by Crippen LogP contribution is -2.45. The third-order valence-corrected chi connectivity index (χ3v) is 6.34. The summed E-state index contributed by atoms with van der Waals surface area (Å²) in [6.07, 6.45) is 0.330. The first-order chi connectivity index (χ1) is 20.2. The number of nitrogens with one attached hydrogen (secondary N) is 3. The Kier molecular flexibility index (Phi) is 12.0. The van der Waals surface area contributed by atoms with Gasteiger partial charge in [-0.2, -0.15) is 5.10 Å². The van der Waals surface area contributed by atoms with Crippen molar-refractivity contribution >= 4 is 40.1 Å². The molecule has 2 aromatic rings. The number of nitrogens with zero attached hydrogens (tertiary/aromatic N) is 1. The van der Waals surface area contributed by atoms with E-state index in [2.05, 4.69) is 37.1 Å². The van der Waals surface area contributed by atoms with Crippen LogP contribution in [-0.2, 0) is 19.1 Å². The van der Waals surface area contributed by atoms with Gasteiger partial charge in [-0.05, 0) is 78.2 Å². The zero-order chi connectivity index (χ0) is 30.6. The number of benzene rings is 2. The minimum atomic E-state index is -1.16. The summed E-state index contributed by atoms with van der Waals surface area (Å²) in [5.74, 6) is 0.121. The number of carbonyl (C=O) groups excluding carboxylic acids is 3. The summed E-state index contributed by atoms with van der Waals surface area (Å²) in [6, 6.07) is 8.87. The molecule has 13 nitrogen and oxygen atoms in total. The van der Waals surface area contributed by atoms with Crippen LogP contribution in [0.2, 0.25) is 0 Å². The molecular weight excluding hydrogens is 616 g/mol. The van der Waals surface area contributed by atoms with Gasteiger partial charge in [0.05, 0.1) is 42.6 Å². The highest BCUT2D eigenvalue weighted by molar-refractivity contribution is 9.10. The number of methoxy groups -OCH3 is 1. The molecule has 1 aliphatic heterocycles. The quantitative estimate of drug-likeness (QED) is 0.104. The lowest BCUT2D eigenvalue weighted by molar-refractivity contribution is -0.145. The van der Waals surface area contributed by atoms with E-state index in [1.807, 2.05) is 0 Å². The fourth-order valence-electron chi connectivity index (χ4n) is 3.87. The number of halogens is 1. The Morgan fingerprint density at radius 2 is 1.86 bits per heavy atom. The standard InChI is InChI=1S/C28H33BrN4O9/c1-5-39-22-12-18(26-25(27(36)38-4)16(3)31-28(37)32-26)8-10-21(22)41-14-23(34)33-30-13-17-7-9-20(19(29)11-17)42-15-24(35)40-6-2/h7-13,23,26,33-34H,5-6,14-15H2,1-4H3,(H2,31,32,37)/b30-13-/t23-,26+/m0/s1. The highest BCUT2D eigenvalue weighted by atomic mass is 79.9. The molecule has 14 heteroatoms. The number of ether oxygens (including phenoxy) is 5. The monoisotopic (exact) mass is 648 g/mol. The molecule has 0 fully saturated rings. The molecule has 1 aliphatic rings. The second-order valence-electron chi connectivity index (χ2n) is 8.70. The van der Waals surface area contributed by atoms with Gasteiger partial charge in [-0.3, -0.25) is 5.43 Å². The van der Waals surface area contributed by atoms with Crippen molar-refractivity contribution < 1.29 is 43.2 Å². The molecule has 42 heavy (non-hydrogen) atoms. The zero-order valence-electron chi connectivity index (χ0n) is 23.6. The molecule has 0 saturated heterocycles. The van der Waals surface area contributed by atoms with Crippen LogP contribution in [0.5, 0.6) is 17.2 Å². The molecule has 0 unspecified atom stereocenters. The number of urea groups is 1. The van der Waals surface area contributed by atoms with E-state index >= 15 is 0 Å². The zero-order valence-corrected chi connectivity index (χ0v) is 25.1. The molecule has 0 aromatic heterocycles. The number of aliphatic hydroxyl groups excluding tert-OH is 1. The minimum Gasteiger partial charge on any atom is -0.490 e. The predicted molar refractivity (Wildman–Crippen MR) is 155 cm³/mol. The van der Waals surface area contributed by atoms with E-state index in [9.17, 15) is 19.5 Å². The van der Waals surface area contributed by atoms with Gasteiger partial charge in [-0.25, -0.2) is 14.4 Å². The Morgan fingerprint density at radius 1 is 1.10 bits per heavy atom. The van der Waals surface area contributed by atoms with Gasteiger partial charge >= 0.3 is 18.0 Å². The van der Waals surface area contributed by atoms with Crippen LogP contribution >= 0.6 is 15.9 Å². The molecule has 0 aliphatic carbocycles. The molecule has 0 bridgehead atoms. The van der Waals surface area contributed by atoms with Crippen molar-refractivity contribution in [1.29, 1.82) is 0 Å². The number of rotatable bonds is 14. The Bertz CT molecular complexity index is 1350. The number of hydrazone groups is 1. The van der Waals surface area contributed by atoms with Crippen molar-refractivity contribution in [2.75, 3.05) is 33.5 Å². The van der Waals surface area contributed by atoms with Crippen LogP contribution in [0.4, 0.5) is 4.79 Å². The van der Waals surface area contributed by atoms with Crippen molar-refractivity contribution in [1.82, 2.24) is 16.1 Å². The second-order valence-corrected chi connectivity index (χ2v) is 9.55. The fourth-order valence-corrected chi connectivity index (χ4v) is 4.38. The number of allylic oxidation sites excluding steroid dienone is 1. The van der Waals surface area contributed by atoms with Crippen molar-refractivity contribution in [3.63, 3.8) is 0 Å². The maximum absolute atomic E-state index is 12.4. The molecule has 2 atom stereocenters. The average Bonchev–Trinajstić information content (AvgIpc) is 2.95. The molecule has 4 N–H and O–H groups in total. The van der Waals surface area contributed by atoms with E-state index in [4.69, 9.17) is 23.7 Å². The predicted octanol–water partition coefficient (Wildman–Crippen LogP) is 2.91. The summed E-state index contributed by atoms with van der Waals surface area (Å²) < 4.78 is 27.3.